The lowest BCUT2D eigenvalue weighted by atomic mass is 9.98. The molecule has 0 bridgehead atoms. The van der Waals surface area contributed by atoms with Gasteiger partial charge in [0.1, 0.15) is 11.6 Å². The minimum absolute atomic E-state index is 0.0458. The van der Waals surface area contributed by atoms with E-state index in [1.165, 1.54) is 6.07 Å². The summed E-state index contributed by atoms with van der Waals surface area (Å²) in [5.41, 5.74) is 5.19. The molecule has 3 aromatic carbocycles. The van der Waals surface area contributed by atoms with Crippen LogP contribution in [0.4, 0.5) is 15.8 Å². The number of halogens is 1. The summed E-state index contributed by atoms with van der Waals surface area (Å²) in [6.07, 6.45) is 1.98. The van der Waals surface area contributed by atoms with Gasteiger partial charge in [-0.05, 0) is 78.9 Å². The third-order valence-corrected chi connectivity index (χ3v) is 5.41. The van der Waals surface area contributed by atoms with Crippen molar-refractivity contribution in [3.05, 3.63) is 93.1 Å². The van der Waals surface area contributed by atoms with Crippen LogP contribution < -0.4 is 10.1 Å². The summed E-state index contributed by atoms with van der Waals surface area (Å²) in [7, 11) is 0. The lowest BCUT2D eigenvalue weighted by Gasteiger charge is -2.12. The topological polar surface area (TPSA) is 67.8 Å². The smallest absolute Gasteiger partial charge is 0.193 e. The van der Waals surface area contributed by atoms with Crippen LogP contribution >= 0.6 is 0 Å². The number of benzene rings is 3. The fourth-order valence-electron chi connectivity index (χ4n) is 3.79. The summed E-state index contributed by atoms with van der Waals surface area (Å²) in [6, 6.07) is 16.1. The highest BCUT2D eigenvalue weighted by atomic mass is 19.1. The van der Waals surface area contributed by atoms with Gasteiger partial charge in [-0.25, -0.2) is 4.39 Å². The molecule has 0 aromatic heterocycles. The first-order chi connectivity index (χ1) is 15.0. The molecule has 0 fully saturated rings. The van der Waals surface area contributed by atoms with Gasteiger partial charge in [-0.3, -0.25) is 4.79 Å². The van der Waals surface area contributed by atoms with Gasteiger partial charge in [-0.2, -0.15) is 4.91 Å². The fourth-order valence-corrected chi connectivity index (χ4v) is 3.79. The lowest BCUT2D eigenvalue weighted by molar-refractivity contribution is 0.103. The van der Waals surface area contributed by atoms with Gasteiger partial charge in [0.2, 0.25) is 0 Å². The monoisotopic (exact) mass is 418 g/mol. The average Bonchev–Trinajstić information content (AvgIpc) is 2.90. The second-order valence-corrected chi connectivity index (χ2v) is 7.68. The zero-order valence-electron chi connectivity index (χ0n) is 17.3. The largest absolute Gasteiger partial charge is 0.494 e. The van der Waals surface area contributed by atoms with Crippen LogP contribution in [0.5, 0.6) is 5.75 Å². The molecule has 158 valence electrons. The van der Waals surface area contributed by atoms with Gasteiger partial charge in [0.25, 0.3) is 0 Å². The highest BCUT2D eigenvalue weighted by Gasteiger charge is 2.22. The van der Waals surface area contributed by atoms with Gasteiger partial charge in [0.15, 0.2) is 5.78 Å². The van der Waals surface area contributed by atoms with Gasteiger partial charge in [-0.1, -0.05) is 17.3 Å². The third-order valence-electron chi connectivity index (χ3n) is 5.41. The first kappa shape index (κ1) is 20.7. The number of hydrogen-bond acceptors (Lipinski definition) is 5. The molecule has 5 nitrogen and oxygen atoms in total. The van der Waals surface area contributed by atoms with Crippen LogP contribution in [0.15, 0.2) is 59.8 Å². The predicted molar refractivity (Wildman–Crippen MR) is 119 cm³/mol. The number of fused-ring (bicyclic) bond motifs is 2. The summed E-state index contributed by atoms with van der Waals surface area (Å²) in [5, 5.41) is 5.93. The molecular formula is C25H23FN2O3. The second-order valence-electron chi connectivity index (χ2n) is 7.68. The number of rotatable bonds is 7. The molecule has 4 rings (SSSR count). The zero-order chi connectivity index (χ0) is 21.8. The quantitative estimate of drug-likeness (QED) is 0.392. The number of ketones is 1. The molecule has 0 saturated carbocycles. The van der Waals surface area contributed by atoms with Crippen molar-refractivity contribution in [3.8, 4) is 5.75 Å². The van der Waals surface area contributed by atoms with E-state index in [2.05, 4.69) is 10.5 Å². The molecule has 3 aromatic rings. The number of anilines is 2. The van der Waals surface area contributed by atoms with Crippen molar-refractivity contribution in [2.24, 2.45) is 5.18 Å². The van der Waals surface area contributed by atoms with Gasteiger partial charge < -0.3 is 10.1 Å². The van der Waals surface area contributed by atoms with Gasteiger partial charge in [0, 0.05) is 23.2 Å². The number of hydrogen-bond donors (Lipinski definition) is 1. The van der Waals surface area contributed by atoms with Crippen LogP contribution in [0.2, 0.25) is 0 Å². The molecule has 0 amide bonds. The van der Waals surface area contributed by atoms with E-state index in [0.29, 0.717) is 42.0 Å². The van der Waals surface area contributed by atoms with Crippen LogP contribution in [0.25, 0.3) is 0 Å². The minimum atomic E-state index is -0.310. The van der Waals surface area contributed by atoms with E-state index in [1.807, 2.05) is 31.2 Å². The predicted octanol–water partition coefficient (Wildman–Crippen LogP) is 5.74. The van der Waals surface area contributed by atoms with E-state index >= 15 is 0 Å². The summed E-state index contributed by atoms with van der Waals surface area (Å²) < 4.78 is 19.9. The first-order valence-electron chi connectivity index (χ1n) is 10.3. The van der Waals surface area contributed by atoms with Crippen molar-refractivity contribution in [2.75, 3.05) is 18.5 Å². The maximum atomic E-state index is 14.2. The number of carbonyl (C=O) groups excluding carboxylic acids is 1. The van der Waals surface area contributed by atoms with Crippen molar-refractivity contribution >= 4 is 17.2 Å². The molecule has 1 N–H and O–H groups in total. The number of aryl methyl sites for hydroxylation is 3. The first-order valence-corrected chi connectivity index (χ1v) is 10.3. The van der Waals surface area contributed by atoms with Crippen LogP contribution in [0.1, 0.15) is 39.0 Å². The van der Waals surface area contributed by atoms with Crippen LogP contribution in [-0.2, 0) is 12.8 Å². The fraction of sp³-hybridized carbons (Fsp3) is 0.240. The summed E-state index contributed by atoms with van der Waals surface area (Å²) >= 11 is 0. The minimum Gasteiger partial charge on any atom is -0.494 e. The number of ether oxygens (including phenoxy) is 1. The highest BCUT2D eigenvalue weighted by molar-refractivity contribution is 6.11. The Morgan fingerprint density at radius 2 is 1.84 bits per heavy atom. The molecule has 0 spiro atoms. The Bertz CT molecular complexity index is 1140. The molecule has 31 heavy (non-hydrogen) atoms. The maximum absolute atomic E-state index is 14.2. The zero-order valence-corrected chi connectivity index (χ0v) is 17.3. The molecule has 6 heteroatoms. The van der Waals surface area contributed by atoms with Crippen LogP contribution in [0, 0.1) is 17.6 Å². The molecule has 1 aliphatic carbocycles. The number of nitrogens with one attached hydrogen (secondary N) is 1. The van der Waals surface area contributed by atoms with Crippen LogP contribution in [0.3, 0.4) is 0 Å². The molecular weight excluding hydrogens is 395 g/mol. The van der Waals surface area contributed by atoms with Crippen molar-refractivity contribution in [1.29, 1.82) is 0 Å². The van der Waals surface area contributed by atoms with Crippen molar-refractivity contribution in [1.82, 2.24) is 0 Å². The van der Waals surface area contributed by atoms with E-state index in [-0.39, 0.29) is 18.1 Å². The second kappa shape index (κ2) is 9.08. The van der Waals surface area contributed by atoms with Crippen molar-refractivity contribution in [3.63, 3.8) is 0 Å². The Hall–Kier alpha value is -3.54. The Kier molecular flexibility index (Phi) is 6.07. The summed E-state index contributed by atoms with van der Waals surface area (Å²) in [4.78, 5) is 23.4. The van der Waals surface area contributed by atoms with Gasteiger partial charge in [-0.15, -0.1) is 0 Å². The normalized spacial score (nSPS) is 12.5. The van der Waals surface area contributed by atoms with E-state index in [4.69, 9.17) is 4.74 Å². The Labute approximate surface area is 180 Å². The molecule has 0 saturated heterocycles. The molecule has 0 unspecified atom stereocenters. The Morgan fingerprint density at radius 1 is 1.00 bits per heavy atom. The Balaban J connectivity index is 1.56. The van der Waals surface area contributed by atoms with E-state index < -0.39 is 0 Å². The van der Waals surface area contributed by atoms with E-state index in [9.17, 15) is 14.1 Å². The average molecular weight is 418 g/mol. The molecule has 1 aliphatic rings. The van der Waals surface area contributed by atoms with E-state index in [0.717, 1.165) is 28.8 Å². The molecule has 0 heterocycles. The van der Waals surface area contributed by atoms with E-state index in [1.54, 1.807) is 24.3 Å². The molecule has 0 atom stereocenters. The molecule has 0 aliphatic heterocycles. The maximum Gasteiger partial charge on any atom is 0.193 e. The standard InChI is InChI=1S/C25H23FN2O3/c1-16-3-10-24(23(26)13-16)28-19-7-9-21-18(14-19)5-4-17-6-8-20(15-22(17)25(21)29)31-12-2-11-27-30/h3,6-10,13-15,28H,2,4-5,11-12H2,1H3. The Morgan fingerprint density at radius 3 is 2.65 bits per heavy atom. The SMILES string of the molecule is Cc1ccc(Nc2ccc3c(c2)CCc2ccc(OCCCN=O)cc2C3=O)c(F)c1. The number of nitrogens with zero attached hydrogens (tertiary/aromatic N) is 1. The van der Waals surface area contributed by atoms with Crippen LogP contribution in [-0.4, -0.2) is 18.9 Å². The number of carbonyl (C=O) groups is 1. The third kappa shape index (κ3) is 4.63. The lowest BCUT2D eigenvalue weighted by Crippen LogP contribution is -2.06. The number of nitroso groups, excluding NO2 is 1. The van der Waals surface area contributed by atoms with Gasteiger partial charge in [0.05, 0.1) is 18.8 Å². The highest BCUT2D eigenvalue weighted by Crippen LogP contribution is 2.30. The summed E-state index contributed by atoms with van der Waals surface area (Å²) in [5.74, 6) is 0.250. The van der Waals surface area contributed by atoms with Crippen molar-refractivity contribution < 1.29 is 13.9 Å². The van der Waals surface area contributed by atoms with Gasteiger partial charge >= 0.3 is 0 Å². The van der Waals surface area contributed by atoms with Crippen molar-refractivity contribution in [2.45, 2.75) is 26.2 Å². The summed E-state index contributed by atoms with van der Waals surface area (Å²) in [6.45, 7) is 2.43. The molecule has 0 radical (unpaired) electrons.